The molecule has 0 amide bonds. The lowest BCUT2D eigenvalue weighted by atomic mass is 9.95. The summed E-state index contributed by atoms with van der Waals surface area (Å²) in [5.41, 5.74) is 4.06. The first-order valence-corrected chi connectivity index (χ1v) is 11.1. The van der Waals surface area contributed by atoms with Crippen LogP contribution in [0.5, 0.6) is 0 Å². The third-order valence-electron chi connectivity index (χ3n) is 5.07. The Bertz CT molecular complexity index is 810. The topological polar surface area (TPSA) is 41.0 Å². The van der Waals surface area contributed by atoms with E-state index in [9.17, 15) is 0 Å². The van der Waals surface area contributed by atoms with E-state index in [-0.39, 0.29) is 6.04 Å². The monoisotopic (exact) mass is 434 g/mol. The summed E-state index contributed by atoms with van der Waals surface area (Å²) in [5, 5.41) is 4.72. The smallest absolute Gasteiger partial charge is 0.142 e. The van der Waals surface area contributed by atoms with Gasteiger partial charge in [0.15, 0.2) is 0 Å². The summed E-state index contributed by atoms with van der Waals surface area (Å²) < 4.78 is 0. The standard InChI is InChI=1S/C23H32Cl2N4/c1-6-29(7-2)14-8-9-17(5)28-23-21(22(25)26-15-27-23)20(16(3)4)18-10-12-19(24)13-11-18/h10-13,15,17H,6-9,14H2,1-5H3,(H,26,27,28). The van der Waals surface area contributed by atoms with Crippen molar-refractivity contribution in [3.63, 3.8) is 0 Å². The fourth-order valence-electron chi connectivity index (χ4n) is 3.46. The predicted molar refractivity (Wildman–Crippen MR) is 126 cm³/mol. The highest BCUT2D eigenvalue weighted by Crippen LogP contribution is 2.35. The van der Waals surface area contributed by atoms with E-state index in [1.807, 2.05) is 24.3 Å². The van der Waals surface area contributed by atoms with Gasteiger partial charge in [0, 0.05) is 11.1 Å². The molecule has 1 N–H and O–H groups in total. The zero-order valence-corrected chi connectivity index (χ0v) is 19.6. The number of aromatic nitrogens is 2. The normalized spacial score (nSPS) is 12.1. The fraction of sp³-hybridized carbons (Fsp3) is 0.478. The number of nitrogens with one attached hydrogen (secondary N) is 1. The van der Waals surface area contributed by atoms with E-state index in [2.05, 4.69) is 54.8 Å². The van der Waals surface area contributed by atoms with Crippen LogP contribution in [0.25, 0.3) is 5.57 Å². The molecule has 158 valence electrons. The molecule has 29 heavy (non-hydrogen) atoms. The SMILES string of the molecule is CCN(CC)CCCC(C)Nc1ncnc(Cl)c1C(=C(C)C)c1ccc(Cl)cc1. The van der Waals surface area contributed by atoms with Gasteiger partial charge in [0.2, 0.25) is 0 Å². The van der Waals surface area contributed by atoms with E-state index in [1.54, 1.807) is 0 Å². The molecular weight excluding hydrogens is 403 g/mol. The van der Waals surface area contributed by atoms with Crippen molar-refractivity contribution in [3.8, 4) is 0 Å². The van der Waals surface area contributed by atoms with Gasteiger partial charge < -0.3 is 10.2 Å². The maximum Gasteiger partial charge on any atom is 0.142 e. The van der Waals surface area contributed by atoms with Crippen LogP contribution in [0.3, 0.4) is 0 Å². The van der Waals surface area contributed by atoms with Crippen molar-refractivity contribution in [2.24, 2.45) is 0 Å². The molecule has 0 spiro atoms. The van der Waals surface area contributed by atoms with Crippen molar-refractivity contribution in [2.45, 2.75) is 53.5 Å². The molecule has 1 heterocycles. The summed E-state index contributed by atoms with van der Waals surface area (Å²) >= 11 is 12.6. The minimum absolute atomic E-state index is 0.277. The average Bonchev–Trinajstić information content (AvgIpc) is 2.69. The third-order valence-corrected chi connectivity index (χ3v) is 5.61. The Hall–Kier alpha value is -1.62. The number of hydrogen-bond donors (Lipinski definition) is 1. The van der Waals surface area contributed by atoms with Crippen LogP contribution in [-0.2, 0) is 0 Å². The van der Waals surface area contributed by atoms with Gasteiger partial charge in [-0.2, -0.15) is 0 Å². The Morgan fingerprint density at radius 3 is 2.31 bits per heavy atom. The number of anilines is 1. The highest BCUT2D eigenvalue weighted by atomic mass is 35.5. The number of benzene rings is 1. The van der Waals surface area contributed by atoms with Gasteiger partial charge in [0.05, 0.1) is 5.56 Å². The van der Waals surface area contributed by atoms with Gasteiger partial charge in [0.25, 0.3) is 0 Å². The molecule has 0 saturated heterocycles. The quantitative estimate of drug-likeness (QED) is 0.430. The predicted octanol–water partition coefficient (Wildman–Crippen LogP) is 6.55. The molecule has 0 bridgehead atoms. The number of halogens is 2. The average molecular weight is 435 g/mol. The molecule has 0 saturated carbocycles. The van der Waals surface area contributed by atoms with Crippen LogP contribution in [0.1, 0.15) is 58.6 Å². The lowest BCUT2D eigenvalue weighted by Gasteiger charge is -2.22. The lowest BCUT2D eigenvalue weighted by Crippen LogP contribution is -2.26. The Morgan fingerprint density at radius 2 is 1.72 bits per heavy atom. The maximum absolute atomic E-state index is 6.56. The van der Waals surface area contributed by atoms with Crippen molar-refractivity contribution in [2.75, 3.05) is 25.0 Å². The summed E-state index contributed by atoms with van der Waals surface area (Å²) in [4.78, 5) is 11.2. The second-order valence-corrected chi connectivity index (χ2v) is 8.28. The molecule has 6 heteroatoms. The van der Waals surface area contributed by atoms with Crippen LogP contribution < -0.4 is 5.32 Å². The van der Waals surface area contributed by atoms with Crippen molar-refractivity contribution in [1.82, 2.24) is 14.9 Å². The van der Waals surface area contributed by atoms with Gasteiger partial charge in [-0.15, -0.1) is 0 Å². The van der Waals surface area contributed by atoms with Gasteiger partial charge >= 0.3 is 0 Å². The summed E-state index contributed by atoms with van der Waals surface area (Å²) in [6.45, 7) is 14.0. The van der Waals surface area contributed by atoms with Crippen LogP contribution >= 0.6 is 23.2 Å². The summed E-state index contributed by atoms with van der Waals surface area (Å²) in [7, 11) is 0. The van der Waals surface area contributed by atoms with E-state index in [0.29, 0.717) is 10.2 Å². The van der Waals surface area contributed by atoms with Gasteiger partial charge in [0.1, 0.15) is 17.3 Å². The summed E-state index contributed by atoms with van der Waals surface area (Å²) in [6, 6.07) is 8.07. The number of rotatable bonds is 10. The maximum atomic E-state index is 6.56. The van der Waals surface area contributed by atoms with E-state index in [4.69, 9.17) is 23.2 Å². The third kappa shape index (κ3) is 6.70. The number of hydrogen-bond acceptors (Lipinski definition) is 4. The van der Waals surface area contributed by atoms with Crippen LogP contribution in [0.2, 0.25) is 10.2 Å². The van der Waals surface area contributed by atoms with Crippen molar-refractivity contribution in [3.05, 3.63) is 57.5 Å². The van der Waals surface area contributed by atoms with Crippen LogP contribution in [0.4, 0.5) is 5.82 Å². The molecule has 0 aliphatic heterocycles. The molecule has 0 aliphatic carbocycles. The molecule has 1 unspecified atom stereocenters. The van der Waals surface area contributed by atoms with E-state index in [1.165, 1.54) is 6.33 Å². The van der Waals surface area contributed by atoms with E-state index in [0.717, 1.165) is 60.6 Å². The molecule has 1 atom stereocenters. The minimum Gasteiger partial charge on any atom is -0.367 e. The zero-order valence-electron chi connectivity index (χ0n) is 18.1. The molecule has 1 aromatic carbocycles. The highest BCUT2D eigenvalue weighted by Gasteiger charge is 2.19. The highest BCUT2D eigenvalue weighted by molar-refractivity contribution is 6.32. The van der Waals surface area contributed by atoms with Gasteiger partial charge in [-0.1, -0.05) is 54.8 Å². The van der Waals surface area contributed by atoms with Crippen LogP contribution in [-0.4, -0.2) is 40.5 Å². The van der Waals surface area contributed by atoms with Crippen molar-refractivity contribution in [1.29, 1.82) is 0 Å². The zero-order chi connectivity index (χ0) is 21.4. The van der Waals surface area contributed by atoms with E-state index < -0.39 is 0 Å². The molecule has 2 aromatic rings. The lowest BCUT2D eigenvalue weighted by molar-refractivity contribution is 0.295. The fourth-order valence-corrected chi connectivity index (χ4v) is 3.81. The Labute approximate surface area is 185 Å². The van der Waals surface area contributed by atoms with Gasteiger partial charge in [-0.05, 0) is 76.5 Å². The van der Waals surface area contributed by atoms with Crippen LogP contribution in [0.15, 0.2) is 36.2 Å². The second kappa shape index (κ2) is 11.5. The Balaban J connectivity index is 2.26. The van der Waals surface area contributed by atoms with Gasteiger partial charge in [-0.25, -0.2) is 9.97 Å². The van der Waals surface area contributed by atoms with Crippen molar-refractivity contribution < 1.29 is 0 Å². The molecule has 4 nitrogen and oxygen atoms in total. The first-order chi connectivity index (χ1) is 13.9. The molecule has 0 fully saturated rings. The Kier molecular flexibility index (Phi) is 9.41. The second-order valence-electron chi connectivity index (χ2n) is 7.48. The first kappa shape index (κ1) is 23.7. The van der Waals surface area contributed by atoms with Crippen molar-refractivity contribution >= 4 is 34.6 Å². The van der Waals surface area contributed by atoms with E-state index >= 15 is 0 Å². The van der Waals surface area contributed by atoms with Gasteiger partial charge in [-0.3, -0.25) is 0 Å². The molecule has 0 aliphatic rings. The largest absolute Gasteiger partial charge is 0.367 e. The first-order valence-electron chi connectivity index (χ1n) is 10.3. The minimum atomic E-state index is 0.277. The Morgan fingerprint density at radius 1 is 1.07 bits per heavy atom. The number of nitrogens with zero attached hydrogens (tertiary/aromatic N) is 3. The van der Waals surface area contributed by atoms with Crippen LogP contribution in [0, 0.1) is 0 Å². The molecule has 2 rings (SSSR count). The molecule has 0 radical (unpaired) electrons. The summed E-state index contributed by atoms with van der Waals surface area (Å²) in [5.74, 6) is 0.770. The molecule has 1 aromatic heterocycles. The summed E-state index contributed by atoms with van der Waals surface area (Å²) in [6.07, 6.45) is 3.71. The molecular formula is C23H32Cl2N4. The number of allylic oxidation sites excluding steroid dienone is 1.